The van der Waals surface area contributed by atoms with Crippen LogP contribution >= 0.6 is 0 Å². The summed E-state index contributed by atoms with van der Waals surface area (Å²) in [4.78, 5) is 10.3. The SMILES string of the molecule is CCN(CC)C1CCC2=NC3CCC(N(CC)CC)CC3[O+]=C2C1. The minimum Gasteiger partial charge on any atom is -0.301 e. The maximum atomic E-state index is 6.57. The first-order valence-corrected chi connectivity index (χ1v) is 10.3. The highest BCUT2D eigenvalue weighted by Crippen LogP contribution is 2.31. The van der Waals surface area contributed by atoms with Crippen LogP contribution in [-0.4, -0.2) is 71.7 Å². The van der Waals surface area contributed by atoms with Gasteiger partial charge in [-0.3, -0.25) is 9.42 Å². The first kappa shape index (κ1) is 18.1. The molecule has 0 bridgehead atoms. The zero-order chi connectivity index (χ0) is 17.1. The molecular weight excluding hydrogens is 298 g/mol. The van der Waals surface area contributed by atoms with Crippen molar-refractivity contribution in [3.05, 3.63) is 0 Å². The van der Waals surface area contributed by atoms with Crippen molar-refractivity contribution in [2.75, 3.05) is 26.2 Å². The third kappa shape index (κ3) is 3.60. The van der Waals surface area contributed by atoms with Crippen LogP contribution < -0.4 is 0 Å². The standard InChI is InChI=1S/C20H36N3O/c1-5-22(6-2)15-9-11-17-19(13-15)24-20-14-16(23(7-3)8-4)10-12-18(20)21-17/h15-17,19H,5-14H2,1-4H3/q+1. The number of carbonyl (C=O) groups excluding carboxylic acids is 1. The Morgan fingerprint density at radius 1 is 0.917 bits per heavy atom. The maximum Gasteiger partial charge on any atom is 0.342 e. The van der Waals surface area contributed by atoms with Crippen LogP contribution in [0.2, 0.25) is 0 Å². The van der Waals surface area contributed by atoms with Gasteiger partial charge in [0.25, 0.3) is 6.10 Å². The Kier molecular flexibility index (Phi) is 6.09. The summed E-state index contributed by atoms with van der Waals surface area (Å²) in [6.45, 7) is 13.7. The molecule has 0 aromatic heterocycles. The van der Waals surface area contributed by atoms with Crippen LogP contribution in [0.3, 0.4) is 0 Å². The van der Waals surface area contributed by atoms with Crippen LogP contribution in [0.15, 0.2) is 4.99 Å². The van der Waals surface area contributed by atoms with Crippen LogP contribution in [0, 0.1) is 0 Å². The summed E-state index contributed by atoms with van der Waals surface area (Å²) in [5.74, 6) is 1.22. The van der Waals surface area contributed by atoms with Crippen molar-refractivity contribution < 1.29 is 4.42 Å². The Labute approximate surface area is 148 Å². The molecule has 2 aliphatic carbocycles. The average molecular weight is 335 g/mol. The fourth-order valence-electron chi connectivity index (χ4n) is 5.00. The lowest BCUT2D eigenvalue weighted by Crippen LogP contribution is -2.50. The van der Waals surface area contributed by atoms with Crippen LogP contribution in [0.5, 0.6) is 0 Å². The molecule has 2 saturated carbocycles. The first-order chi connectivity index (χ1) is 11.7. The third-order valence-electron chi connectivity index (χ3n) is 6.46. The van der Waals surface area contributed by atoms with Gasteiger partial charge < -0.3 is 9.80 Å². The average Bonchev–Trinajstić information content (AvgIpc) is 2.62. The number of ketones is 1. The molecule has 1 aliphatic heterocycles. The molecule has 136 valence electrons. The Hall–Kier alpha value is -0.740. The van der Waals surface area contributed by atoms with Crippen LogP contribution in [0.1, 0.15) is 66.2 Å². The van der Waals surface area contributed by atoms with E-state index in [9.17, 15) is 0 Å². The number of fused-ring (bicyclic) bond motifs is 2. The van der Waals surface area contributed by atoms with Gasteiger partial charge in [-0.1, -0.05) is 27.7 Å². The van der Waals surface area contributed by atoms with Gasteiger partial charge in [0.2, 0.25) is 0 Å². The molecule has 2 fully saturated rings. The summed E-state index contributed by atoms with van der Waals surface area (Å²) >= 11 is 0. The second-order valence-electron chi connectivity index (χ2n) is 7.53. The van der Waals surface area contributed by atoms with E-state index >= 15 is 0 Å². The summed E-state index contributed by atoms with van der Waals surface area (Å²) in [5, 5.41) is 0. The molecule has 24 heavy (non-hydrogen) atoms. The molecule has 3 rings (SSSR count). The number of aliphatic imine (C=N–C) groups is 1. The molecule has 0 spiro atoms. The van der Waals surface area contributed by atoms with Crippen molar-refractivity contribution in [3.8, 4) is 0 Å². The minimum absolute atomic E-state index is 0.318. The summed E-state index contributed by atoms with van der Waals surface area (Å²) in [5.41, 5.74) is 1.29. The number of hydrogen-bond acceptors (Lipinski definition) is 3. The number of hydrogen-bond donors (Lipinski definition) is 0. The van der Waals surface area contributed by atoms with E-state index in [1.165, 1.54) is 30.8 Å². The molecule has 4 atom stereocenters. The van der Waals surface area contributed by atoms with Gasteiger partial charge in [-0.05, 0) is 51.9 Å². The highest BCUT2D eigenvalue weighted by atomic mass is 16.4. The molecule has 0 amide bonds. The van der Waals surface area contributed by atoms with Crippen LogP contribution in [0.4, 0.5) is 0 Å². The molecule has 4 heteroatoms. The Morgan fingerprint density at radius 2 is 1.58 bits per heavy atom. The van der Waals surface area contributed by atoms with Crippen molar-refractivity contribution in [2.24, 2.45) is 4.99 Å². The zero-order valence-electron chi connectivity index (χ0n) is 16.1. The lowest BCUT2D eigenvalue weighted by atomic mass is 9.85. The fraction of sp³-hybridized carbons (Fsp3) is 0.900. The van der Waals surface area contributed by atoms with Crippen molar-refractivity contribution in [2.45, 2.75) is 90.4 Å². The summed E-state index contributed by atoms with van der Waals surface area (Å²) < 4.78 is 6.57. The molecule has 1 heterocycles. The second-order valence-corrected chi connectivity index (χ2v) is 7.53. The zero-order valence-corrected chi connectivity index (χ0v) is 16.1. The molecule has 0 N–H and O–H groups in total. The fourth-order valence-corrected chi connectivity index (χ4v) is 5.00. The van der Waals surface area contributed by atoms with Crippen molar-refractivity contribution in [1.82, 2.24) is 9.80 Å². The first-order valence-electron chi connectivity index (χ1n) is 10.3. The van der Waals surface area contributed by atoms with E-state index in [0.717, 1.165) is 45.4 Å². The van der Waals surface area contributed by atoms with Gasteiger partial charge in [0.1, 0.15) is 11.8 Å². The summed E-state index contributed by atoms with van der Waals surface area (Å²) in [6.07, 6.45) is 7.37. The normalized spacial score (nSPS) is 33.1. The predicted octanol–water partition coefficient (Wildman–Crippen LogP) is 3.07. The van der Waals surface area contributed by atoms with E-state index in [0.29, 0.717) is 24.2 Å². The Morgan fingerprint density at radius 3 is 2.25 bits per heavy atom. The smallest absolute Gasteiger partial charge is 0.301 e. The number of rotatable bonds is 6. The number of nitrogens with zero attached hydrogens (tertiary/aromatic N) is 3. The maximum absolute atomic E-state index is 6.57. The molecule has 0 aromatic carbocycles. The van der Waals surface area contributed by atoms with Gasteiger partial charge in [0.15, 0.2) is 0 Å². The minimum atomic E-state index is 0.318. The molecule has 0 saturated heterocycles. The van der Waals surface area contributed by atoms with Crippen molar-refractivity contribution >= 4 is 11.5 Å². The molecular formula is C20H36N3O+. The molecule has 4 nitrogen and oxygen atoms in total. The largest absolute Gasteiger partial charge is 0.342 e. The Balaban J connectivity index is 1.70. The van der Waals surface area contributed by atoms with Gasteiger partial charge in [-0.15, -0.1) is 0 Å². The van der Waals surface area contributed by atoms with E-state index in [1.54, 1.807) is 0 Å². The van der Waals surface area contributed by atoms with Gasteiger partial charge >= 0.3 is 5.78 Å². The molecule has 0 aromatic rings. The summed E-state index contributed by atoms with van der Waals surface area (Å²) in [6, 6.07) is 1.74. The van der Waals surface area contributed by atoms with Gasteiger partial charge in [-0.25, -0.2) is 0 Å². The van der Waals surface area contributed by atoms with E-state index in [1.807, 2.05) is 0 Å². The van der Waals surface area contributed by atoms with Gasteiger partial charge in [-0.2, -0.15) is 0 Å². The topological polar surface area (TPSA) is 30.1 Å². The molecule has 3 aliphatic rings. The van der Waals surface area contributed by atoms with E-state index in [4.69, 9.17) is 9.42 Å². The quantitative estimate of drug-likeness (QED) is 0.699. The Bertz CT molecular complexity index is 479. The second kappa shape index (κ2) is 8.09. The van der Waals surface area contributed by atoms with Crippen molar-refractivity contribution in [3.63, 3.8) is 0 Å². The van der Waals surface area contributed by atoms with Crippen molar-refractivity contribution in [1.29, 1.82) is 0 Å². The lowest BCUT2D eigenvalue weighted by molar-refractivity contribution is -0.513. The lowest BCUT2D eigenvalue weighted by Gasteiger charge is -2.37. The monoisotopic (exact) mass is 334 g/mol. The molecule has 4 unspecified atom stereocenters. The van der Waals surface area contributed by atoms with Gasteiger partial charge in [0.05, 0.1) is 12.8 Å². The van der Waals surface area contributed by atoms with Gasteiger partial charge in [0, 0.05) is 12.1 Å². The van der Waals surface area contributed by atoms with E-state index < -0.39 is 0 Å². The van der Waals surface area contributed by atoms with Crippen LogP contribution in [0.25, 0.3) is 0 Å². The van der Waals surface area contributed by atoms with Crippen LogP contribution in [-0.2, 0) is 4.42 Å². The van der Waals surface area contributed by atoms with E-state index in [-0.39, 0.29) is 0 Å². The van der Waals surface area contributed by atoms with E-state index in [2.05, 4.69) is 37.5 Å². The highest BCUT2D eigenvalue weighted by molar-refractivity contribution is 6.41. The molecule has 0 radical (unpaired) electrons. The summed E-state index contributed by atoms with van der Waals surface area (Å²) in [7, 11) is 0. The highest BCUT2D eigenvalue weighted by Gasteiger charge is 2.46. The predicted molar refractivity (Wildman–Crippen MR) is 101 cm³/mol. The third-order valence-corrected chi connectivity index (χ3v) is 6.46.